The Kier molecular flexibility index (Phi) is 7.70. The van der Waals surface area contributed by atoms with Crippen molar-refractivity contribution in [1.82, 2.24) is 10.5 Å². The first-order chi connectivity index (χ1) is 9.08. The lowest BCUT2D eigenvalue weighted by molar-refractivity contribution is 0.00926. The normalized spacial score (nSPS) is 11.7. The van der Waals surface area contributed by atoms with Crippen molar-refractivity contribution in [1.29, 1.82) is 0 Å². The molecule has 5 heteroatoms. The maximum Gasteiger partial charge on any atom is 0.162 e. The first kappa shape index (κ1) is 16.1. The molecule has 1 rings (SSSR count). The van der Waals surface area contributed by atoms with Gasteiger partial charge in [-0.05, 0) is 26.3 Å². The second kappa shape index (κ2) is 9.07. The third-order valence-electron chi connectivity index (χ3n) is 2.39. The van der Waals surface area contributed by atoms with Crippen LogP contribution in [-0.2, 0) is 22.6 Å². The van der Waals surface area contributed by atoms with Gasteiger partial charge in [0.05, 0.1) is 25.0 Å². The van der Waals surface area contributed by atoms with Gasteiger partial charge in [0.25, 0.3) is 0 Å². The smallest absolute Gasteiger partial charge is 0.162 e. The van der Waals surface area contributed by atoms with Crippen molar-refractivity contribution in [2.75, 3.05) is 19.8 Å². The van der Waals surface area contributed by atoms with Crippen LogP contribution in [0.25, 0.3) is 0 Å². The third-order valence-corrected chi connectivity index (χ3v) is 2.39. The zero-order chi connectivity index (χ0) is 14.1. The molecule has 0 atom stereocenters. The lowest BCUT2D eigenvalue weighted by Gasteiger charge is -2.06. The highest BCUT2D eigenvalue weighted by Crippen LogP contribution is 2.05. The average molecular weight is 270 g/mol. The quantitative estimate of drug-likeness (QED) is 0.661. The standard InChI is InChI=1S/C14H26N2O3/c1-11(2)8-15-9-13-7-14(19-16-13)10-17-5-6-18-12(3)4/h7,11-12,15H,5-6,8-10H2,1-4H3. The molecule has 5 nitrogen and oxygen atoms in total. The van der Waals surface area contributed by atoms with Crippen molar-refractivity contribution in [2.45, 2.75) is 47.0 Å². The number of ether oxygens (including phenoxy) is 2. The largest absolute Gasteiger partial charge is 0.376 e. The minimum Gasteiger partial charge on any atom is -0.376 e. The molecule has 0 saturated heterocycles. The van der Waals surface area contributed by atoms with Crippen LogP contribution < -0.4 is 5.32 Å². The van der Waals surface area contributed by atoms with Crippen LogP contribution in [0, 0.1) is 5.92 Å². The molecule has 0 saturated carbocycles. The molecule has 0 aliphatic heterocycles. The van der Waals surface area contributed by atoms with Crippen molar-refractivity contribution < 1.29 is 14.0 Å². The second-order valence-corrected chi connectivity index (χ2v) is 5.28. The fourth-order valence-corrected chi connectivity index (χ4v) is 1.51. The van der Waals surface area contributed by atoms with E-state index in [0.29, 0.717) is 25.7 Å². The van der Waals surface area contributed by atoms with E-state index in [4.69, 9.17) is 14.0 Å². The summed E-state index contributed by atoms with van der Waals surface area (Å²) in [6.07, 6.45) is 0.243. The van der Waals surface area contributed by atoms with Gasteiger partial charge in [0, 0.05) is 12.6 Å². The van der Waals surface area contributed by atoms with E-state index < -0.39 is 0 Å². The highest BCUT2D eigenvalue weighted by molar-refractivity contribution is 5.04. The molecule has 0 bridgehead atoms. The summed E-state index contributed by atoms with van der Waals surface area (Å²) in [5, 5.41) is 7.31. The van der Waals surface area contributed by atoms with Crippen LogP contribution >= 0.6 is 0 Å². The van der Waals surface area contributed by atoms with Crippen LogP contribution in [-0.4, -0.2) is 31.0 Å². The van der Waals surface area contributed by atoms with E-state index in [0.717, 1.165) is 24.5 Å². The molecule has 110 valence electrons. The van der Waals surface area contributed by atoms with E-state index in [1.165, 1.54) is 0 Å². The maximum absolute atomic E-state index is 5.45. The van der Waals surface area contributed by atoms with Gasteiger partial charge in [-0.25, -0.2) is 0 Å². The van der Waals surface area contributed by atoms with Gasteiger partial charge in [-0.2, -0.15) is 0 Å². The Labute approximate surface area is 115 Å². The van der Waals surface area contributed by atoms with Crippen LogP contribution in [0.3, 0.4) is 0 Å². The molecule has 0 aromatic carbocycles. The Morgan fingerprint density at radius 3 is 2.74 bits per heavy atom. The van der Waals surface area contributed by atoms with Crippen LogP contribution in [0.2, 0.25) is 0 Å². The monoisotopic (exact) mass is 270 g/mol. The maximum atomic E-state index is 5.45. The fourth-order valence-electron chi connectivity index (χ4n) is 1.51. The highest BCUT2D eigenvalue weighted by atomic mass is 16.5. The molecule has 0 amide bonds. The van der Waals surface area contributed by atoms with Gasteiger partial charge in [0.2, 0.25) is 0 Å². The van der Waals surface area contributed by atoms with Crippen molar-refractivity contribution in [3.63, 3.8) is 0 Å². The molecule has 19 heavy (non-hydrogen) atoms. The van der Waals surface area contributed by atoms with E-state index in [2.05, 4.69) is 24.3 Å². The molecule has 0 unspecified atom stereocenters. The average Bonchev–Trinajstić information content (AvgIpc) is 2.76. The van der Waals surface area contributed by atoms with Crippen LogP contribution in [0.15, 0.2) is 10.6 Å². The second-order valence-electron chi connectivity index (χ2n) is 5.28. The van der Waals surface area contributed by atoms with Gasteiger partial charge >= 0.3 is 0 Å². The van der Waals surface area contributed by atoms with Gasteiger partial charge < -0.3 is 19.3 Å². The first-order valence-electron chi connectivity index (χ1n) is 6.92. The van der Waals surface area contributed by atoms with E-state index in [1.54, 1.807) is 0 Å². The molecule has 0 fully saturated rings. The van der Waals surface area contributed by atoms with Crippen molar-refractivity contribution >= 4 is 0 Å². The zero-order valence-corrected chi connectivity index (χ0v) is 12.4. The summed E-state index contributed by atoms with van der Waals surface area (Å²) in [5.41, 5.74) is 0.915. The Balaban J connectivity index is 2.12. The molecule has 1 aromatic rings. The fraction of sp³-hybridized carbons (Fsp3) is 0.786. The molecular weight excluding hydrogens is 244 g/mol. The number of nitrogens with one attached hydrogen (secondary N) is 1. The summed E-state index contributed by atoms with van der Waals surface area (Å²) >= 11 is 0. The highest BCUT2D eigenvalue weighted by Gasteiger charge is 2.04. The Hall–Kier alpha value is -0.910. The predicted octanol–water partition coefficient (Wildman–Crippen LogP) is 2.36. The van der Waals surface area contributed by atoms with E-state index in [-0.39, 0.29) is 6.10 Å². The van der Waals surface area contributed by atoms with Crippen molar-refractivity contribution in [3.8, 4) is 0 Å². The zero-order valence-electron chi connectivity index (χ0n) is 12.4. The van der Waals surface area contributed by atoms with Gasteiger partial charge in [0.1, 0.15) is 6.61 Å². The van der Waals surface area contributed by atoms with Crippen molar-refractivity contribution in [2.24, 2.45) is 5.92 Å². The van der Waals surface area contributed by atoms with Crippen LogP contribution in [0.5, 0.6) is 0 Å². The molecule has 0 spiro atoms. The number of rotatable bonds is 10. The summed E-state index contributed by atoms with van der Waals surface area (Å²) in [5.74, 6) is 1.39. The molecule has 0 radical (unpaired) electrons. The number of nitrogens with zero attached hydrogens (tertiary/aromatic N) is 1. The summed E-state index contributed by atoms with van der Waals surface area (Å²) in [6.45, 7) is 11.7. The molecule has 1 aromatic heterocycles. The Morgan fingerprint density at radius 2 is 2.05 bits per heavy atom. The molecule has 0 aliphatic rings. The number of hydrogen-bond acceptors (Lipinski definition) is 5. The van der Waals surface area contributed by atoms with E-state index in [1.807, 2.05) is 19.9 Å². The molecular formula is C14H26N2O3. The van der Waals surface area contributed by atoms with Gasteiger partial charge in [-0.15, -0.1) is 0 Å². The molecule has 1 N–H and O–H groups in total. The Morgan fingerprint density at radius 1 is 1.26 bits per heavy atom. The van der Waals surface area contributed by atoms with Crippen molar-refractivity contribution in [3.05, 3.63) is 17.5 Å². The lowest BCUT2D eigenvalue weighted by atomic mass is 10.2. The summed E-state index contributed by atoms with van der Waals surface area (Å²) in [6, 6.07) is 1.93. The number of aromatic nitrogens is 1. The summed E-state index contributed by atoms with van der Waals surface area (Å²) in [4.78, 5) is 0. The van der Waals surface area contributed by atoms with Gasteiger partial charge in [0.15, 0.2) is 5.76 Å². The minimum atomic E-state index is 0.243. The Bertz CT molecular complexity index is 337. The topological polar surface area (TPSA) is 56.5 Å². The molecule has 0 aliphatic carbocycles. The predicted molar refractivity (Wildman–Crippen MR) is 73.8 cm³/mol. The lowest BCUT2D eigenvalue weighted by Crippen LogP contribution is -2.19. The summed E-state index contributed by atoms with van der Waals surface area (Å²) in [7, 11) is 0. The van der Waals surface area contributed by atoms with E-state index >= 15 is 0 Å². The first-order valence-corrected chi connectivity index (χ1v) is 6.92. The minimum absolute atomic E-state index is 0.243. The third kappa shape index (κ3) is 7.97. The van der Waals surface area contributed by atoms with Crippen LogP contribution in [0.1, 0.15) is 39.1 Å². The number of hydrogen-bond donors (Lipinski definition) is 1. The van der Waals surface area contributed by atoms with Gasteiger partial charge in [-0.1, -0.05) is 19.0 Å². The van der Waals surface area contributed by atoms with E-state index in [9.17, 15) is 0 Å². The summed E-state index contributed by atoms with van der Waals surface area (Å²) < 4.78 is 16.0. The van der Waals surface area contributed by atoms with Crippen LogP contribution in [0.4, 0.5) is 0 Å². The SMILES string of the molecule is CC(C)CNCc1cc(COCCOC(C)C)on1. The van der Waals surface area contributed by atoms with Gasteiger partial charge in [-0.3, -0.25) is 0 Å². The molecule has 1 heterocycles.